The van der Waals surface area contributed by atoms with Crippen LogP contribution in [0.4, 0.5) is 0 Å². The van der Waals surface area contributed by atoms with Gasteiger partial charge in [-0.2, -0.15) is 0 Å². The monoisotopic (exact) mass is 1730 g/mol. The van der Waals surface area contributed by atoms with Crippen molar-refractivity contribution in [2.24, 2.45) is 14.1 Å². The van der Waals surface area contributed by atoms with E-state index in [1.54, 1.807) is 61.4 Å². The molecule has 30 atom stereocenters. The van der Waals surface area contributed by atoms with Crippen LogP contribution >= 0.6 is 0 Å². The highest BCUT2D eigenvalue weighted by atomic mass is 127. The Morgan fingerprint density at radius 1 is 0.283 bits per heavy atom. The van der Waals surface area contributed by atoms with Crippen LogP contribution in [0.25, 0.3) is 22.5 Å². The zero-order valence-electron chi connectivity index (χ0n) is 63.4. The molecular formula is C70H108I2N6O28. The number of aryl methyl sites for hydroxylation is 2. The summed E-state index contributed by atoms with van der Waals surface area (Å²) in [7, 11) is 28.3. The first-order chi connectivity index (χ1) is 50.7. The summed E-state index contributed by atoms with van der Waals surface area (Å²) < 4.78 is 194. The van der Waals surface area contributed by atoms with Crippen LogP contribution in [0.1, 0.15) is 0 Å². The third-order valence-corrected chi connectivity index (χ3v) is 20.5. The summed E-state index contributed by atoms with van der Waals surface area (Å²) >= 11 is 0. The van der Waals surface area contributed by atoms with E-state index in [0.29, 0.717) is 0 Å². The van der Waals surface area contributed by atoms with Gasteiger partial charge in [-0.15, -0.1) is 18.7 Å². The maximum atomic E-state index is 7.30. The van der Waals surface area contributed by atoms with Gasteiger partial charge in [0.2, 0.25) is 0 Å². The van der Waals surface area contributed by atoms with E-state index >= 15 is 0 Å². The normalized spacial score (nSPS) is 38.7. The van der Waals surface area contributed by atoms with Gasteiger partial charge in [0.1, 0.15) is 174 Å². The highest BCUT2D eigenvalue weighted by molar-refractivity contribution is 5.57. The SMILES string of the molecule is COC[C@H]1O[C@@H]2O[C@H]3[C@H](OC)[C@@H](OC)[C@@H](O[C@H]4[C@H](OC)[C@@H](OC)[C@@H](O[C@H]5[C@H](OC)[C@@H](OC)[C@@H](O[C@H]6[C@H](OC)[C@@H](OC)[C@@H](O[C@H]7[C@H](OC)[C@@H](OC)[C@@H](O[C@H]1[C@H](OC)[C@H]2OC)O[C@@H]7COC)O[C@@H]6C[n+]1cc(-c2ccccc2)n(C)n1)O[C@@H]5COC)O[C@@H]4COC)O[C@@H]3C[n+]1cc(-c2ccccc2)n(C)n1.[I-].[I-]. The molecule has 2 aromatic carbocycles. The molecule has 0 radical (unpaired) electrons. The molecule has 0 unspecified atom stereocenters. The maximum Gasteiger partial charge on any atom is 0.197 e. The number of hydrogen-bond donors (Lipinski definition) is 0. The molecule has 0 spiro atoms. The first-order valence-corrected chi connectivity index (χ1v) is 34.8. The minimum absolute atomic E-state index is 0. The quantitative estimate of drug-likeness (QED) is 0.0418. The molecule has 600 valence electrons. The van der Waals surface area contributed by atoms with Gasteiger partial charge in [-0.3, -0.25) is 0 Å². The minimum Gasteiger partial charge on any atom is -1.00 e. The van der Waals surface area contributed by atoms with Crippen LogP contribution in [0.15, 0.2) is 73.1 Å². The number of ether oxygens (including phenoxy) is 28. The van der Waals surface area contributed by atoms with Gasteiger partial charge in [0.15, 0.2) is 61.5 Å². The first-order valence-electron chi connectivity index (χ1n) is 34.8. The molecule has 36 heteroatoms. The highest BCUT2D eigenvalue weighted by Gasteiger charge is 2.62. The molecule has 34 nitrogen and oxygen atoms in total. The van der Waals surface area contributed by atoms with Crippen LogP contribution in [-0.4, -0.2) is 344 Å². The lowest BCUT2D eigenvalue weighted by molar-refractivity contribution is -0.763. The molecule has 24 heterocycles. The molecule has 106 heavy (non-hydrogen) atoms. The predicted octanol–water partition coefficient (Wildman–Crippen LogP) is -5.79. The van der Waals surface area contributed by atoms with Gasteiger partial charge in [0.25, 0.3) is 0 Å². The van der Waals surface area contributed by atoms with Gasteiger partial charge in [0, 0.05) is 125 Å². The third kappa shape index (κ3) is 18.6. The van der Waals surface area contributed by atoms with Crippen molar-refractivity contribution in [1.82, 2.24) is 19.8 Å². The second kappa shape index (κ2) is 41.2. The number of benzene rings is 2. The third-order valence-electron chi connectivity index (χ3n) is 20.5. The molecule has 22 aliphatic rings. The second-order valence-electron chi connectivity index (χ2n) is 26.3. The van der Waals surface area contributed by atoms with Crippen molar-refractivity contribution >= 4 is 0 Å². The summed E-state index contributed by atoms with van der Waals surface area (Å²) in [6.07, 6.45) is -27.6. The van der Waals surface area contributed by atoms with Gasteiger partial charge < -0.3 is 181 Å². The maximum absolute atomic E-state index is 7.30. The van der Waals surface area contributed by atoms with E-state index in [4.69, 9.17) is 143 Å². The zero-order chi connectivity index (χ0) is 73.9. The summed E-state index contributed by atoms with van der Waals surface area (Å²) in [6, 6.07) is 19.8. The molecule has 22 fully saturated rings. The standard InChI is InChI=1S/C70H108N6O28.2HI/c1-73-39(37-25-21-19-22-26-37)29-75(71-73)31-41-47-53(81-7)59(87-13)65(93-41)101-49-43(33-77-3)97-69(63(91-17)55(49)83-9)104-52-46(36-80-6)96-68(62(90-16)58(52)86-12)100-48-42(32-76-30-40(74(2)72-76)38-27-23-20-24-28-38)94-66(60(88-14)54(48)82-8)102-50-44(34-78-4)98-70(64(92-18)56(50)84-10)103-51-45(35-79-5)95-67(99-47)61(89-15)57(51)85-11;;/h19-30,41-70H,31-36H2,1-18H3;2*1H/q+2;;/p-2/t41-,42-,43-,44-,45-,46-,47-,48-,49-,50-,51-,52-,53+,54+,55+,56+,57+,58+,59-,60-,61-,62-,63-,64-,65-,66-,67-,68-,69-,70-;;/m1../s1. The van der Waals surface area contributed by atoms with Gasteiger partial charge >= 0.3 is 0 Å². The molecule has 0 N–H and O–H groups in total. The number of hydrogen-bond acceptors (Lipinski definition) is 30. The molecular weight excluding hydrogens is 1630 g/mol. The average molecular weight is 1740 g/mol. The van der Waals surface area contributed by atoms with Crippen molar-refractivity contribution in [1.29, 1.82) is 0 Å². The van der Waals surface area contributed by atoms with Gasteiger partial charge in [-0.1, -0.05) is 60.7 Å². The van der Waals surface area contributed by atoms with Crippen LogP contribution < -0.4 is 57.3 Å². The van der Waals surface area contributed by atoms with Crippen LogP contribution in [0, 0.1) is 0 Å². The van der Waals surface area contributed by atoms with Crippen LogP contribution in [0.2, 0.25) is 0 Å². The van der Waals surface area contributed by atoms with Crippen molar-refractivity contribution in [3.63, 3.8) is 0 Å². The van der Waals surface area contributed by atoms with E-state index in [9.17, 15) is 0 Å². The van der Waals surface area contributed by atoms with Gasteiger partial charge in [-0.25, -0.2) is 0 Å². The molecule has 22 aliphatic heterocycles. The van der Waals surface area contributed by atoms with E-state index in [1.807, 2.05) is 87.2 Å². The number of nitrogens with zero attached hydrogens (tertiary/aromatic N) is 6. The lowest BCUT2D eigenvalue weighted by Crippen LogP contribution is -3.00. The van der Waals surface area contributed by atoms with E-state index < -0.39 is 184 Å². The van der Waals surface area contributed by atoms with Crippen molar-refractivity contribution in [3.8, 4) is 22.5 Å². The highest BCUT2D eigenvalue weighted by Crippen LogP contribution is 2.43. The molecule has 12 bridgehead atoms. The smallest absolute Gasteiger partial charge is 0.197 e. The van der Waals surface area contributed by atoms with Crippen LogP contribution in [0.5, 0.6) is 0 Å². The molecule has 0 amide bonds. The van der Waals surface area contributed by atoms with E-state index in [-0.39, 0.29) is 87.5 Å². The largest absolute Gasteiger partial charge is 1.00 e. The summed E-state index contributed by atoms with van der Waals surface area (Å²) in [5, 5.41) is 9.87. The molecule has 2 aromatic heterocycles. The number of methoxy groups -OCH3 is 16. The Hall–Kier alpha value is -2.94. The summed E-state index contributed by atoms with van der Waals surface area (Å²) in [4.78, 5) is 0. The van der Waals surface area contributed by atoms with Crippen LogP contribution in [0.3, 0.4) is 0 Å². The van der Waals surface area contributed by atoms with Crippen molar-refractivity contribution in [2.45, 2.75) is 197 Å². The van der Waals surface area contributed by atoms with E-state index in [2.05, 4.69) is 0 Å². The molecule has 4 aromatic rings. The molecule has 22 saturated heterocycles. The van der Waals surface area contributed by atoms with E-state index in [0.717, 1.165) is 22.5 Å². The lowest BCUT2D eigenvalue weighted by Gasteiger charge is -2.53. The number of aromatic nitrogens is 6. The zero-order valence-corrected chi connectivity index (χ0v) is 67.7. The summed E-state index contributed by atoms with van der Waals surface area (Å²) in [6.45, 7) is -0.0168. The Labute approximate surface area is 653 Å². The van der Waals surface area contributed by atoms with Gasteiger partial charge in [0.05, 0.1) is 36.9 Å². The summed E-state index contributed by atoms with van der Waals surface area (Å²) in [5.74, 6) is 0. The molecule has 26 rings (SSSR count). The summed E-state index contributed by atoms with van der Waals surface area (Å²) in [5.41, 5.74) is 3.51. The fraction of sp³-hybridized carbons (Fsp3) is 0.771. The number of rotatable bonds is 26. The average Bonchev–Trinajstić information content (AvgIpc) is 0.783. The topological polar surface area (TPSA) is 302 Å². The Balaban J connectivity index is 0.00000650. The van der Waals surface area contributed by atoms with Crippen molar-refractivity contribution in [2.75, 3.05) is 140 Å². The minimum atomic E-state index is -1.25. The fourth-order valence-electron chi connectivity index (χ4n) is 15.7. The van der Waals surface area contributed by atoms with Crippen LogP contribution in [-0.2, 0) is 160 Å². The Kier molecular flexibility index (Phi) is 33.8. The van der Waals surface area contributed by atoms with Gasteiger partial charge in [-0.05, 0) is 0 Å². The Bertz CT molecular complexity index is 2990. The van der Waals surface area contributed by atoms with Crippen molar-refractivity contribution < 1.29 is 190 Å². The number of halogens is 2. The van der Waals surface area contributed by atoms with E-state index in [1.165, 1.54) is 71.1 Å². The Morgan fingerprint density at radius 2 is 0.481 bits per heavy atom. The second-order valence-corrected chi connectivity index (χ2v) is 26.3. The lowest BCUT2D eigenvalue weighted by atomic mass is 9.94. The van der Waals surface area contributed by atoms with Crippen molar-refractivity contribution in [3.05, 3.63) is 73.1 Å². The first kappa shape index (κ1) is 87.0. The Morgan fingerprint density at radius 3 is 0.679 bits per heavy atom. The fourth-order valence-corrected chi connectivity index (χ4v) is 15.7. The molecule has 0 saturated carbocycles. The predicted molar refractivity (Wildman–Crippen MR) is 356 cm³/mol. The molecule has 0 aliphatic carbocycles.